The van der Waals surface area contributed by atoms with E-state index < -0.39 is 4.92 Å². The number of nitrogens with zero attached hydrogens (tertiary/aromatic N) is 2. The Bertz CT molecular complexity index is 229. The van der Waals surface area contributed by atoms with E-state index in [9.17, 15) is 10.1 Å². The highest BCUT2D eigenvalue weighted by atomic mass is 16.6. The topological polar surface area (TPSA) is 68.3 Å². The predicted molar refractivity (Wildman–Crippen MR) is 28.3 cm³/mol. The molecule has 1 heterocycles. The second kappa shape index (κ2) is 1.77. The van der Waals surface area contributed by atoms with Gasteiger partial charge < -0.3 is 5.21 Å². The van der Waals surface area contributed by atoms with Gasteiger partial charge >= 0.3 is 0 Å². The highest BCUT2D eigenvalue weighted by Crippen LogP contribution is 2.07. The quantitative estimate of drug-likeness (QED) is 0.342. The Hall–Kier alpha value is -1.52. The van der Waals surface area contributed by atoms with E-state index in [1.54, 1.807) is 0 Å². The van der Waals surface area contributed by atoms with Gasteiger partial charge in [-0.2, -0.15) is 4.73 Å². The van der Waals surface area contributed by atoms with Gasteiger partial charge in [0.2, 0.25) is 0 Å². The van der Waals surface area contributed by atoms with Gasteiger partial charge in [0.25, 0.3) is 5.69 Å². The summed E-state index contributed by atoms with van der Waals surface area (Å²) >= 11 is 0. The maximum absolute atomic E-state index is 9.90. The molecular formula is C4H4N2O3. The SMILES string of the molecule is O=[N+]([O-])c1ccn(O)c1. The van der Waals surface area contributed by atoms with Crippen LogP contribution < -0.4 is 0 Å². The molecule has 0 amide bonds. The highest BCUT2D eigenvalue weighted by molar-refractivity contribution is 5.24. The Kier molecular flexibility index (Phi) is 1.11. The average molecular weight is 128 g/mol. The van der Waals surface area contributed by atoms with Crippen LogP contribution in [0.5, 0.6) is 0 Å². The third-order valence-electron chi connectivity index (χ3n) is 0.873. The third kappa shape index (κ3) is 0.987. The first-order chi connectivity index (χ1) is 4.20. The lowest BCUT2D eigenvalue weighted by Gasteiger charge is -1.81. The van der Waals surface area contributed by atoms with Crippen LogP contribution in [0.25, 0.3) is 0 Å². The molecule has 0 unspecified atom stereocenters. The van der Waals surface area contributed by atoms with Crippen molar-refractivity contribution >= 4 is 5.69 Å². The minimum Gasteiger partial charge on any atom is -0.429 e. The summed E-state index contributed by atoms with van der Waals surface area (Å²) in [5.41, 5.74) is -0.113. The minimum atomic E-state index is -0.577. The van der Waals surface area contributed by atoms with Crippen LogP contribution in [0.4, 0.5) is 5.69 Å². The molecule has 0 aliphatic rings. The van der Waals surface area contributed by atoms with Crippen LogP contribution in [-0.4, -0.2) is 14.9 Å². The van der Waals surface area contributed by atoms with Crippen molar-refractivity contribution in [3.8, 4) is 0 Å². The Morgan fingerprint density at radius 3 is 2.67 bits per heavy atom. The van der Waals surface area contributed by atoms with Gasteiger partial charge in [-0.15, -0.1) is 0 Å². The van der Waals surface area contributed by atoms with E-state index in [1.807, 2.05) is 0 Å². The lowest BCUT2D eigenvalue weighted by atomic mass is 10.6. The molecule has 0 bridgehead atoms. The summed E-state index contributed by atoms with van der Waals surface area (Å²) in [6.07, 6.45) is 2.21. The summed E-state index contributed by atoms with van der Waals surface area (Å²) in [6, 6.07) is 1.21. The molecule has 1 aromatic heterocycles. The highest BCUT2D eigenvalue weighted by Gasteiger charge is 2.04. The fraction of sp³-hybridized carbons (Fsp3) is 0. The largest absolute Gasteiger partial charge is 0.429 e. The van der Waals surface area contributed by atoms with Crippen molar-refractivity contribution in [2.24, 2.45) is 0 Å². The van der Waals surface area contributed by atoms with Crippen LogP contribution in [0.15, 0.2) is 18.5 Å². The average Bonchev–Trinajstić information content (AvgIpc) is 2.14. The zero-order valence-electron chi connectivity index (χ0n) is 4.39. The molecule has 0 aliphatic heterocycles. The first kappa shape index (κ1) is 5.61. The van der Waals surface area contributed by atoms with E-state index in [4.69, 9.17) is 5.21 Å². The minimum absolute atomic E-state index is 0.113. The number of nitro groups is 1. The molecule has 0 aliphatic carbocycles. The van der Waals surface area contributed by atoms with Crippen LogP contribution in [0.3, 0.4) is 0 Å². The predicted octanol–water partition coefficient (Wildman–Crippen LogP) is 0.634. The Morgan fingerprint density at radius 1 is 1.78 bits per heavy atom. The number of rotatable bonds is 1. The fourth-order valence-corrected chi connectivity index (χ4v) is 0.482. The van der Waals surface area contributed by atoms with E-state index >= 15 is 0 Å². The van der Waals surface area contributed by atoms with Crippen LogP contribution in [0.1, 0.15) is 0 Å². The number of hydrogen-bond donors (Lipinski definition) is 1. The standard InChI is InChI=1S/C4H4N2O3/c7-5-2-1-4(3-5)6(8)9/h1-3,7H. The van der Waals surface area contributed by atoms with E-state index in [-0.39, 0.29) is 5.69 Å². The van der Waals surface area contributed by atoms with Crippen molar-refractivity contribution in [3.63, 3.8) is 0 Å². The smallest absolute Gasteiger partial charge is 0.290 e. The van der Waals surface area contributed by atoms with Gasteiger partial charge in [0.05, 0.1) is 11.1 Å². The van der Waals surface area contributed by atoms with Gasteiger partial charge in [-0.25, -0.2) is 0 Å². The molecule has 0 saturated heterocycles. The molecule has 0 saturated carbocycles. The van der Waals surface area contributed by atoms with Gasteiger partial charge in [-0.3, -0.25) is 10.1 Å². The van der Waals surface area contributed by atoms with Crippen LogP contribution in [-0.2, 0) is 0 Å². The van der Waals surface area contributed by atoms with Crippen LogP contribution in [0, 0.1) is 10.1 Å². The second-order valence-electron chi connectivity index (χ2n) is 1.51. The van der Waals surface area contributed by atoms with Crippen molar-refractivity contribution < 1.29 is 10.1 Å². The summed E-state index contributed by atoms with van der Waals surface area (Å²) in [4.78, 5) is 9.32. The summed E-state index contributed by atoms with van der Waals surface area (Å²) in [6.45, 7) is 0. The summed E-state index contributed by atoms with van der Waals surface area (Å²) in [7, 11) is 0. The molecule has 9 heavy (non-hydrogen) atoms. The number of aromatic nitrogens is 1. The van der Waals surface area contributed by atoms with Crippen LogP contribution in [0.2, 0.25) is 0 Å². The Labute approximate surface area is 50.3 Å². The molecule has 0 fully saturated rings. The molecule has 1 N–H and O–H groups in total. The van der Waals surface area contributed by atoms with Gasteiger partial charge in [0.1, 0.15) is 6.20 Å². The van der Waals surface area contributed by atoms with Gasteiger partial charge in [-0.05, 0) is 0 Å². The lowest BCUT2D eigenvalue weighted by Crippen LogP contribution is -1.85. The summed E-state index contributed by atoms with van der Waals surface area (Å²) < 4.78 is 0.637. The molecule has 5 heteroatoms. The van der Waals surface area contributed by atoms with E-state index in [0.717, 1.165) is 6.20 Å². The van der Waals surface area contributed by atoms with Crippen molar-refractivity contribution in [1.82, 2.24) is 4.73 Å². The summed E-state index contributed by atoms with van der Waals surface area (Å²) in [5, 5.41) is 18.4. The molecule has 0 aromatic carbocycles. The van der Waals surface area contributed by atoms with Gasteiger partial charge in [0.15, 0.2) is 0 Å². The van der Waals surface area contributed by atoms with Crippen molar-refractivity contribution in [3.05, 3.63) is 28.6 Å². The molecule has 0 radical (unpaired) electrons. The van der Waals surface area contributed by atoms with E-state index in [1.165, 1.54) is 12.3 Å². The molecule has 0 atom stereocenters. The van der Waals surface area contributed by atoms with Gasteiger partial charge in [0, 0.05) is 6.07 Å². The molecule has 48 valence electrons. The van der Waals surface area contributed by atoms with E-state index in [2.05, 4.69) is 0 Å². The first-order valence-corrected chi connectivity index (χ1v) is 2.22. The number of hydrogen-bond acceptors (Lipinski definition) is 3. The zero-order chi connectivity index (χ0) is 6.85. The normalized spacial score (nSPS) is 9.33. The second-order valence-corrected chi connectivity index (χ2v) is 1.51. The zero-order valence-corrected chi connectivity index (χ0v) is 4.39. The van der Waals surface area contributed by atoms with E-state index in [0.29, 0.717) is 4.73 Å². The molecule has 0 spiro atoms. The Balaban J connectivity index is 2.98. The lowest BCUT2D eigenvalue weighted by molar-refractivity contribution is -0.385. The van der Waals surface area contributed by atoms with Crippen molar-refractivity contribution in [1.29, 1.82) is 0 Å². The monoisotopic (exact) mass is 128 g/mol. The Morgan fingerprint density at radius 2 is 2.44 bits per heavy atom. The maximum atomic E-state index is 9.90. The fourth-order valence-electron chi connectivity index (χ4n) is 0.482. The third-order valence-corrected chi connectivity index (χ3v) is 0.873. The van der Waals surface area contributed by atoms with Crippen molar-refractivity contribution in [2.75, 3.05) is 0 Å². The van der Waals surface area contributed by atoms with Crippen molar-refractivity contribution in [2.45, 2.75) is 0 Å². The van der Waals surface area contributed by atoms with Crippen LogP contribution >= 0.6 is 0 Å². The molecular weight excluding hydrogens is 124 g/mol. The molecule has 1 rings (SSSR count). The molecule has 5 nitrogen and oxygen atoms in total. The first-order valence-electron chi connectivity index (χ1n) is 2.22. The molecule has 1 aromatic rings. The summed E-state index contributed by atoms with van der Waals surface area (Å²) in [5.74, 6) is 0. The van der Waals surface area contributed by atoms with Gasteiger partial charge in [-0.1, -0.05) is 0 Å². The maximum Gasteiger partial charge on any atom is 0.290 e.